The van der Waals surface area contributed by atoms with Crippen LogP contribution in [0.15, 0.2) is 84.7 Å². The van der Waals surface area contributed by atoms with Crippen molar-refractivity contribution < 1.29 is 4.74 Å². The van der Waals surface area contributed by atoms with E-state index in [9.17, 15) is 0 Å². The maximum Gasteiger partial charge on any atom is 0.119 e. The first kappa shape index (κ1) is 17.3. The maximum atomic E-state index is 5.86. The minimum absolute atomic E-state index is 0.574. The third-order valence-electron chi connectivity index (χ3n) is 3.26. The largest absolute Gasteiger partial charge is 0.489 e. The summed E-state index contributed by atoms with van der Waals surface area (Å²) in [7, 11) is 0. The fraction of sp³-hybridized carbons (Fsp3) is 0.143. The van der Waals surface area contributed by atoms with Gasteiger partial charge in [0.2, 0.25) is 0 Å². The number of rotatable bonds is 7. The lowest BCUT2D eigenvalue weighted by Gasteiger charge is -2.06. The van der Waals surface area contributed by atoms with E-state index in [0.29, 0.717) is 6.61 Å². The third kappa shape index (κ3) is 6.29. The van der Waals surface area contributed by atoms with Crippen LogP contribution in [0.25, 0.3) is 6.08 Å². The van der Waals surface area contributed by atoms with Gasteiger partial charge in [-0.2, -0.15) is 0 Å². The number of ether oxygens (including phenoxy) is 1. The van der Waals surface area contributed by atoms with Crippen LogP contribution < -0.4 is 0 Å². The molecule has 0 unspecified atom stereocenters. The minimum atomic E-state index is 0.574. The van der Waals surface area contributed by atoms with Crippen molar-refractivity contribution in [2.45, 2.75) is 18.9 Å². The molecule has 2 aromatic carbocycles. The van der Waals surface area contributed by atoms with E-state index in [1.54, 1.807) is 0 Å². The van der Waals surface area contributed by atoms with Crippen LogP contribution in [0.2, 0.25) is 0 Å². The SMILES string of the molecule is C\C=C/C(=C\C=C\c1ccc(CBr)cc1)OCc1ccccc1. The van der Waals surface area contributed by atoms with Crippen molar-refractivity contribution in [1.29, 1.82) is 0 Å². The summed E-state index contributed by atoms with van der Waals surface area (Å²) in [5.74, 6) is 0.852. The lowest BCUT2D eigenvalue weighted by Crippen LogP contribution is -1.91. The maximum absolute atomic E-state index is 5.86. The van der Waals surface area contributed by atoms with Crippen molar-refractivity contribution in [2.24, 2.45) is 0 Å². The molecule has 0 atom stereocenters. The van der Waals surface area contributed by atoms with Crippen molar-refractivity contribution in [3.63, 3.8) is 0 Å². The molecule has 0 saturated heterocycles. The van der Waals surface area contributed by atoms with Gasteiger partial charge in [0.05, 0.1) is 0 Å². The van der Waals surface area contributed by atoms with E-state index in [1.165, 1.54) is 11.1 Å². The predicted molar refractivity (Wildman–Crippen MR) is 102 cm³/mol. The summed E-state index contributed by atoms with van der Waals surface area (Å²) in [6.07, 6.45) is 10.0. The molecule has 0 spiro atoms. The Morgan fingerprint density at radius 3 is 2.39 bits per heavy atom. The lowest BCUT2D eigenvalue weighted by molar-refractivity contribution is 0.211. The zero-order valence-electron chi connectivity index (χ0n) is 13.3. The van der Waals surface area contributed by atoms with Gasteiger partial charge >= 0.3 is 0 Å². The molecule has 0 radical (unpaired) electrons. The van der Waals surface area contributed by atoms with Crippen LogP contribution in [-0.4, -0.2) is 0 Å². The van der Waals surface area contributed by atoms with Gasteiger partial charge in [0.25, 0.3) is 0 Å². The predicted octanol–water partition coefficient (Wildman–Crippen LogP) is 6.27. The molecule has 2 aromatic rings. The van der Waals surface area contributed by atoms with Crippen molar-refractivity contribution in [3.8, 4) is 0 Å². The highest BCUT2D eigenvalue weighted by molar-refractivity contribution is 9.08. The first-order valence-electron chi connectivity index (χ1n) is 7.64. The highest BCUT2D eigenvalue weighted by Crippen LogP contribution is 2.11. The molecule has 0 bridgehead atoms. The molecule has 0 saturated carbocycles. The zero-order chi connectivity index (χ0) is 16.3. The molecule has 0 N–H and O–H groups in total. The van der Waals surface area contributed by atoms with Crippen LogP contribution in [0.5, 0.6) is 0 Å². The second kappa shape index (κ2) is 9.86. The Balaban J connectivity index is 1.98. The highest BCUT2D eigenvalue weighted by Gasteiger charge is 1.95. The van der Waals surface area contributed by atoms with E-state index in [4.69, 9.17) is 4.74 Å². The molecular formula is C21H21BrO. The number of hydrogen-bond acceptors (Lipinski definition) is 1. The number of halogens is 1. The Bertz CT molecular complexity index is 667. The second-order valence-electron chi connectivity index (χ2n) is 5.08. The van der Waals surface area contributed by atoms with Crippen LogP contribution >= 0.6 is 15.9 Å². The van der Waals surface area contributed by atoms with E-state index in [-0.39, 0.29) is 0 Å². The van der Waals surface area contributed by atoms with E-state index >= 15 is 0 Å². The van der Waals surface area contributed by atoms with Gasteiger partial charge in [-0.05, 0) is 35.8 Å². The number of hydrogen-bond donors (Lipinski definition) is 0. The number of alkyl halides is 1. The quantitative estimate of drug-likeness (QED) is 0.317. The monoisotopic (exact) mass is 368 g/mol. The number of benzene rings is 2. The average Bonchev–Trinajstić information content (AvgIpc) is 2.61. The summed E-state index contributed by atoms with van der Waals surface area (Å²) in [5, 5.41) is 0.885. The first-order chi connectivity index (χ1) is 11.3. The van der Waals surface area contributed by atoms with Gasteiger partial charge in [0.1, 0.15) is 12.4 Å². The normalized spacial score (nSPS) is 12.2. The molecule has 1 nitrogen and oxygen atoms in total. The van der Waals surface area contributed by atoms with Crippen molar-refractivity contribution in [3.05, 3.63) is 101 Å². The molecule has 0 fully saturated rings. The van der Waals surface area contributed by atoms with Crippen LogP contribution in [0.1, 0.15) is 23.6 Å². The Hall–Kier alpha value is -2.06. The molecule has 0 amide bonds. The van der Waals surface area contributed by atoms with E-state index in [1.807, 2.05) is 49.4 Å². The topological polar surface area (TPSA) is 9.23 Å². The standard InChI is InChI=1S/C21H21BrO/c1-2-7-21(23-17-20-8-4-3-5-9-20)11-6-10-18-12-14-19(16-22)15-13-18/h2-15H,16-17H2,1H3/b7-2-,10-6+,21-11+. The average molecular weight is 369 g/mol. The number of allylic oxidation sites excluding steroid dienone is 4. The molecule has 0 heterocycles. The summed E-state index contributed by atoms with van der Waals surface area (Å²) < 4.78 is 5.86. The smallest absolute Gasteiger partial charge is 0.119 e. The molecule has 0 aliphatic heterocycles. The fourth-order valence-electron chi connectivity index (χ4n) is 2.03. The summed E-state index contributed by atoms with van der Waals surface area (Å²) in [6.45, 7) is 2.56. The van der Waals surface area contributed by atoms with Gasteiger partial charge in [-0.3, -0.25) is 0 Å². The lowest BCUT2D eigenvalue weighted by atomic mass is 10.1. The Morgan fingerprint density at radius 1 is 1.00 bits per heavy atom. The second-order valence-corrected chi connectivity index (χ2v) is 5.64. The molecular weight excluding hydrogens is 348 g/mol. The highest BCUT2D eigenvalue weighted by atomic mass is 79.9. The molecule has 2 rings (SSSR count). The van der Waals surface area contributed by atoms with E-state index in [0.717, 1.165) is 16.7 Å². The summed E-state index contributed by atoms with van der Waals surface area (Å²) in [6, 6.07) is 18.7. The summed E-state index contributed by atoms with van der Waals surface area (Å²) in [5.41, 5.74) is 3.62. The first-order valence-corrected chi connectivity index (χ1v) is 8.76. The fourth-order valence-corrected chi connectivity index (χ4v) is 2.40. The van der Waals surface area contributed by atoms with Crippen molar-refractivity contribution in [2.75, 3.05) is 0 Å². The van der Waals surface area contributed by atoms with E-state index in [2.05, 4.69) is 58.4 Å². The van der Waals surface area contributed by atoms with Gasteiger partial charge in [-0.1, -0.05) is 88.8 Å². The molecule has 0 aliphatic carbocycles. The molecule has 23 heavy (non-hydrogen) atoms. The third-order valence-corrected chi connectivity index (χ3v) is 3.91. The van der Waals surface area contributed by atoms with Crippen molar-refractivity contribution in [1.82, 2.24) is 0 Å². The summed E-state index contributed by atoms with van der Waals surface area (Å²) in [4.78, 5) is 0. The van der Waals surface area contributed by atoms with Gasteiger partial charge < -0.3 is 4.74 Å². The van der Waals surface area contributed by atoms with Crippen molar-refractivity contribution >= 4 is 22.0 Å². The summed E-state index contributed by atoms with van der Waals surface area (Å²) >= 11 is 3.46. The van der Waals surface area contributed by atoms with Gasteiger partial charge in [0, 0.05) is 5.33 Å². The van der Waals surface area contributed by atoms with E-state index < -0.39 is 0 Å². The van der Waals surface area contributed by atoms with Crippen LogP contribution in [0.3, 0.4) is 0 Å². The molecule has 0 aromatic heterocycles. The Kier molecular flexibility index (Phi) is 7.41. The van der Waals surface area contributed by atoms with Gasteiger partial charge in [0.15, 0.2) is 0 Å². The van der Waals surface area contributed by atoms with Crippen LogP contribution in [-0.2, 0) is 16.7 Å². The minimum Gasteiger partial charge on any atom is -0.489 e. The molecule has 118 valence electrons. The zero-order valence-corrected chi connectivity index (χ0v) is 14.9. The Morgan fingerprint density at radius 2 is 1.74 bits per heavy atom. The van der Waals surface area contributed by atoms with Gasteiger partial charge in [-0.25, -0.2) is 0 Å². The molecule has 2 heteroatoms. The molecule has 0 aliphatic rings. The van der Waals surface area contributed by atoms with Crippen LogP contribution in [0, 0.1) is 0 Å². The van der Waals surface area contributed by atoms with Gasteiger partial charge in [-0.15, -0.1) is 0 Å². The van der Waals surface area contributed by atoms with Crippen LogP contribution in [0.4, 0.5) is 0 Å². The Labute approximate surface area is 147 Å².